The summed E-state index contributed by atoms with van der Waals surface area (Å²) in [6.45, 7) is 7.33. The van der Waals surface area contributed by atoms with E-state index < -0.39 is 0 Å². The molecule has 0 aromatic carbocycles. The second-order valence-electron chi connectivity index (χ2n) is 6.73. The highest BCUT2D eigenvalue weighted by Gasteiger charge is 2.15. The van der Waals surface area contributed by atoms with Crippen LogP contribution < -0.4 is 10.6 Å². The van der Waals surface area contributed by atoms with Gasteiger partial charge in [-0.25, -0.2) is 0 Å². The van der Waals surface area contributed by atoms with Crippen molar-refractivity contribution in [1.29, 1.82) is 0 Å². The standard InChI is InChI=1S/C17H32N6S2/c1-13(2)12-23-15(21-22-17(23)24-4)8-5-9-19-16(18-3)20-11-14-7-6-10-25-14/h13-14H,5-12H2,1-4H3,(H2,18,19,20). The average Bonchev–Trinajstić information content (AvgIpc) is 3.24. The number of aromatic nitrogens is 3. The Labute approximate surface area is 160 Å². The molecule has 1 aromatic heterocycles. The van der Waals surface area contributed by atoms with Gasteiger partial charge in [-0.3, -0.25) is 4.99 Å². The second-order valence-corrected chi connectivity index (χ2v) is 8.91. The summed E-state index contributed by atoms with van der Waals surface area (Å²) in [6, 6.07) is 0. The van der Waals surface area contributed by atoms with Crippen molar-refractivity contribution in [3.8, 4) is 0 Å². The van der Waals surface area contributed by atoms with Crippen LogP contribution in [0, 0.1) is 5.92 Å². The molecule has 142 valence electrons. The molecular weight excluding hydrogens is 352 g/mol. The number of aryl methyl sites for hydroxylation is 1. The predicted octanol–water partition coefficient (Wildman–Crippen LogP) is 2.65. The van der Waals surface area contributed by atoms with Crippen molar-refractivity contribution < 1.29 is 0 Å². The number of nitrogens with one attached hydrogen (secondary N) is 2. The zero-order valence-corrected chi connectivity index (χ0v) is 17.5. The summed E-state index contributed by atoms with van der Waals surface area (Å²) < 4.78 is 2.26. The summed E-state index contributed by atoms with van der Waals surface area (Å²) in [5.41, 5.74) is 0. The highest BCUT2D eigenvalue weighted by atomic mass is 32.2. The maximum atomic E-state index is 4.38. The minimum absolute atomic E-state index is 0.593. The zero-order valence-electron chi connectivity index (χ0n) is 15.9. The SMILES string of the molecule is CN=C(NCCCc1nnc(SC)n1CC(C)C)NCC1CCCS1. The van der Waals surface area contributed by atoms with Gasteiger partial charge < -0.3 is 15.2 Å². The molecule has 0 spiro atoms. The number of aliphatic imine (C=N–C) groups is 1. The van der Waals surface area contributed by atoms with Gasteiger partial charge in [-0.1, -0.05) is 25.6 Å². The number of hydrogen-bond donors (Lipinski definition) is 2. The Bertz CT molecular complexity index is 537. The highest BCUT2D eigenvalue weighted by Crippen LogP contribution is 2.25. The van der Waals surface area contributed by atoms with Crippen molar-refractivity contribution in [2.45, 2.75) is 56.5 Å². The molecule has 1 atom stereocenters. The van der Waals surface area contributed by atoms with Crippen LogP contribution in [0.1, 0.15) is 38.9 Å². The molecule has 25 heavy (non-hydrogen) atoms. The first kappa shape index (κ1) is 20.4. The Hall–Kier alpha value is -0.890. The average molecular weight is 385 g/mol. The topological polar surface area (TPSA) is 67.1 Å². The fourth-order valence-corrected chi connectivity index (χ4v) is 4.62. The normalized spacial score (nSPS) is 18.1. The highest BCUT2D eigenvalue weighted by molar-refractivity contribution is 8.00. The van der Waals surface area contributed by atoms with Crippen molar-refractivity contribution in [2.24, 2.45) is 10.9 Å². The smallest absolute Gasteiger partial charge is 0.191 e. The van der Waals surface area contributed by atoms with E-state index in [-0.39, 0.29) is 0 Å². The molecule has 0 radical (unpaired) electrons. The molecule has 0 amide bonds. The molecule has 0 saturated carbocycles. The molecule has 1 aliphatic heterocycles. The first-order valence-corrected chi connectivity index (χ1v) is 11.4. The second kappa shape index (κ2) is 11.0. The van der Waals surface area contributed by atoms with Gasteiger partial charge in [0.1, 0.15) is 5.82 Å². The maximum Gasteiger partial charge on any atom is 0.191 e. The number of rotatable bonds is 9. The van der Waals surface area contributed by atoms with Gasteiger partial charge in [0.15, 0.2) is 11.1 Å². The molecule has 1 saturated heterocycles. The Morgan fingerprint density at radius 3 is 2.88 bits per heavy atom. The van der Waals surface area contributed by atoms with E-state index in [0.29, 0.717) is 5.92 Å². The summed E-state index contributed by atoms with van der Waals surface area (Å²) in [5.74, 6) is 3.88. The molecule has 8 heteroatoms. The van der Waals surface area contributed by atoms with E-state index in [0.717, 1.165) is 54.7 Å². The van der Waals surface area contributed by atoms with Crippen molar-refractivity contribution in [3.63, 3.8) is 0 Å². The van der Waals surface area contributed by atoms with E-state index >= 15 is 0 Å². The van der Waals surface area contributed by atoms with Crippen LogP contribution in [0.3, 0.4) is 0 Å². The molecule has 2 heterocycles. The molecule has 1 aliphatic rings. The van der Waals surface area contributed by atoms with Gasteiger partial charge in [0.2, 0.25) is 0 Å². The van der Waals surface area contributed by atoms with Crippen LogP contribution in [-0.4, -0.2) is 58.1 Å². The van der Waals surface area contributed by atoms with Crippen LogP contribution in [0.25, 0.3) is 0 Å². The Morgan fingerprint density at radius 2 is 2.24 bits per heavy atom. The van der Waals surface area contributed by atoms with Gasteiger partial charge in [-0.15, -0.1) is 10.2 Å². The van der Waals surface area contributed by atoms with Crippen LogP contribution in [-0.2, 0) is 13.0 Å². The quantitative estimate of drug-likeness (QED) is 0.295. The van der Waals surface area contributed by atoms with E-state index in [4.69, 9.17) is 0 Å². The van der Waals surface area contributed by atoms with Gasteiger partial charge in [0.25, 0.3) is 0 Å². The zero-order chi connectivity index (χ0) is 18.1. The van der Waals surface area contributed by atoms with Crippen LogP contribution >= 0.6 is 23.5 Å². The summed E-state index contributed by atoms with van der Waals surface area (Å²) in [7, 11) is 1.83. The molecule has 1 aromatic rings. The van der Waals surface area contributed by atoms with Gasteiger partial charge in [0.05, 0.1) is 0 Å². The lowest BCUT2D eigenvalue weighted by atomic mass is 10.2. The number of thioether (sulfide) groups is 2. The molecule has 2 N–H and O–H groups in total. The van der Waals surface area contributed by atoms with Gasteiger partial charge >= 0.3 is 0 Å². The molecule has 0 aliphatic carbocycles. The number of nitrogens with zero attached hydrogens (tertiary/aromatic N) is 4. The molecule has 1 fully saturated rings. The van der Waals surface area contributed by atoms with Gasteiger partial charge in [-0.05, 0) is 37.2 Å². The van der Waals surface area contributed by atoms with Crippen LogP contribution in [0.2, 0.25) is 0 Å². The summed E-state index contributed by atoms with van der Waals surface area (Å²) in [5, 5.41) is 17.3. The summed E-state index contributed by atoms with van der Waals surface area (Å²) >= 11 is 3.73. The largest absolute Gasteiger partial charge is 0.356 e. The van der Waals surface area contributed by atoms with E-state index in [1.807, 2.05) is 7.05 Å². The Morgan fingerprint density at radius 1 is 1.40 bits per heavy atom. The van der Waals surface area contributed by atoms with E-state index in [1.165, 1.54) is 18.6 Å². The molecule has 1 unspecified atom stereocenters. The Kier molecular flexibility index (Phi) is 8.95. The first-order valence-electron chi connectivity index (χ1n) is 9.16. The lowest BCUT2D eigenvalue weighted by Crippen LogP contribution is -2.40. The number of guanidine groups is 1. The lowest BCUT2D eigenvalue weighted by molar-refractivity contribution is 0.477. The summed E-state index contributed by atoms with van der Waals surface area (Å²) in [4.78, 5) is 4.32. The predicted molar refractivity (Wildman–Crippen MR) is 110 cm³/mol. The third kappa shape index (κ3) is 6.73. The van der Waals surface area contributed by atoms with E-state index in [2.05, 4.69) is 62.3 Å². The van der Waals surface area contributed by atoms with Crippen molar-refractivity contribution in [1.82, 2.24) is 25.4 Å². The summed E-state index contributed by atoms with van der Waals surface area (Å²) in [6.07, 6.45) is 6.67. The monoisotopic (exact) mass is 384 g/mol. The number of hydrogen-bond acceptors (Lipinski definition) is 5. The molecular formula is C17H32N6S2. The molecule has 2 rings (SSSR count). The van der Waals surface area contributed by atoms with E-state index in [9.17, 15) is 0 Å². The third-order valence-electron chi connectivity index (χ3n) is 4.14. The van der Waals surface area contributed by atoms with Crippen molar-refractivity contribution >= 4 is 29.5 Å². The van der Waals surface area contributed by atoms with Crippen molar-refractivity contribution in [3.05, 3.63) is 5.82 Å². The first-order chi connectivity index (χ1) is 12.1. The minimum atomic E-state index is 0.593. The maximum absolute atomic E-state index is 4.38. The van der Waals surface area contributed by atoms with Crippen LogP contribution in [0.5, 0.6) is 0 Å². The lowest BCUT2D eigenvalue weighted by Gasteiger charge is -2.15. The third-order valence-corrected chi connectivity index (χ3v) is 6.20. The van der Waals surface area contributed by atoms with Crippen LogP contribution in [0.4, 0.5) is 0 Å². The molecule has 6 nitrogen and oxygen atoms in total. The fraction of sp³-hybridized carbons (Fsp3) is 0.824. The van der Waals surface area contributed by atoms with Crippen molar-refractivity contribution in [2.75, 3.05) is 32.1 Å². The van der Waals surface area contributed by atoms with Crippen LogP contribution in [0.15, 0.2) is 10.1 Å². The van der Waals surface area contributed by atoms with Gasteiger partial charge in [0, 0.05) is 38.4 Å². The Balaban J connectivity index is 1.73. The fourth-order valence-electron chi connectivity index (χ4n) is 2.89. The molecule has 0 bridgehead atoms. The van der Waals surface area contributed by atoms with E-state index in [1.54, 1.807) is 11.8 Å². The minimum Gasteiger partial charge on any atom is -0.356 e. The van der Waals surface area contributed by atoms with Gasteiger partial charge in [-0.2, -0.15) is 11.8 Å².